The second kappa shape index (κ2) is 10.4. The summed E-state index contributed by atoms with van der Waals surface area (Å²) in [6, 6.07) is 16.5. The van der Waals surface area contributed by atoms with Crippen LogP contribution in [-0.2, 0) is 21.5 Å². The summed E-state index contributed by atoms with van der Waals surface area (Å²) in [4.78, 5) is 36.5. The molecule has 4 rings (SSSR count). The van der Waals surface area contributed by atoms with E-state index in [1.807, 2.05) is 31.2 Å². The molecule has 0 N–H and O–H groups in total. The van der Waals surface area contributed by atoms with Crippen molar-refractivity contribution in [1.29, 1.82) is 0 Å². The Morgan fingerprint density at radius 2 is 1.73 bits per heavy atom. The van der Waals surface area contributed by atoms with Gasteiger partial charge in [0.1, 0.15) is 0 Å². The number of aryl methyl sites for hydroxylation is 1. The van der Waals surface area contributed by atoms with Crippen LogP contribution in [0.15, 0.2) is 76.5 Å². The highest BCUT2D eigenvalue weighted by Gasteiger charge is 2.35. The van der Waals surface area contributed by atoms with Crippen LogP contribution in [0.4, 0.5) is 10.5 Å². The number of hydrogen-bond acceptors (Lipinski definition) is 9. The SMILES string of the molecule is COc1cc(/C=C2\SC(=O)N(Cc3ccc(C)cc3)C2=O)ccc1OS(=O)(=O)c1ccccc1[N+](=O)[O-]. The van der Waals surface area contributed by atoms with Crippen LogP contribution < -0.4 is 8.92 Å². The predicted molar refractivity (Wildman–Crippen MR) is 137 cm³/mol. The number of benzene rings is 3. The van der Waals surface area contributed by atoms with Crippen LogP contribution in [0.25, 0.3) is 6.08 Å². The summed E-state index contributed by atoms with van der Waals surface area (Å²) in [6.45, 7) is 2.08. The quantitative estimate of drug-likeness (QED) is 0.169. The van der Waals surface area contributed by atoms with Gasteiger partial charge in [-0.05, 0) is 54.1 Å². The molecular weight excluding hydrogens is 520 g/mol. The highest BCUT2D eigenvalue weighted by molar-refractivity contribution is 8.18. The first kappa shape index (κ1) is 25.9. The Bertz CT molecular complexity index is 1530. The van der Waals surface area contributed by atoms with E-state index in [2.05, 4.69) is 0 Å². The third-order valence-corrected chi connectivity index (χ3v) is 7.54. The van der Waals surface area contributed by atoms with Crippen LogP contribution in [0.2, 0.25) is 0 Å². The highest BCUT2D eigenvalue weighted by atomic mass is 32.2. The predicted octanol–water partition coefficient (Wildman–Crippen LogP) is 4.92. The number of hydrogen-bond donors (Lipinski definition) is 0. The summed E-state index contributed by atoms with van der Waals surface area (Å²) in [5.74, 6) is -0.645. The minimum absolute atomic E-state index is 0.00907. The van der Waals surface area contributed by atoms with E-state index >= 15 is 0 Å². The minimum atomic E-state index is -4.56. The number of imide groups is 1. The van der Waals surface area contributed by atoms with E-state index in [1.165, 1.54) is 43.5 Å². The van der Waals surface area contributed by atoms with Crippen molar-refractivity contribution in [3.63, 3.8) is 0 Å². The lowest BCUT2D eigenvalue weighted by Crippen LogP contribution is -2.27. The number of thioether (sulfide) groups is 1. The third kappa shape index (κ3) is 5.65. The number of rotatable bonds is 8. The molecule has 12 heteroatoms. The summed E-state index contributed by atoms with van der Waals surface area (Å²) in [6.07, 6.45) is 1.49. The normalized spacial score (nSPS) is 14.8. The zero-order valence-corrected chi connectivity index (χ0v) is 21.2. The number of carbonyl (C=O) groups is 2. The van der Waals surface area contributed by atoms with E-state index in [0.29, 0.717) is 5.56 Å². The fourth-order valence-corrected chi connectivity index (χ4v) is 5.44. The number of nitro groups is 1. The van der Waals surface area contributed by atoms with Gasteiger partial charge in [0.05, 0.1) is 23.5 Å². The van der Waals surface area contributed by atoms with Gasteiger partial charge in [-0.3, -0.25) is 24.6 Å². The van der Waals surface area contributed by atoms with E-state index in [9.17, 15) is 28.1 Å². The van der Waals surface area contributed by atoms with Gasteiger partial charge in [0.2, 0.25) is 0 Å². The lowest BCUT2D eigenvalue weighted by molar-refractivity contribution is -0.387. The molecule has 0 saturated carbocycles. The van der Waals surface area contributed by atoms with Crippen molar-refractivity contribution in [2.75, 3.05) is 7.11 Å². The van der Waals surface area contributed by atoms with Crippen LogP contribution in [-0.4, -0.2) is 36.5 Å². The van der Waals surface area contributed by atoms with E-state index in [1.54, 1.807) is 0 Å². The molecule has 10 nitrogen and oxygen atoms in total. The molecule has 0 spiro atoms. The number of nitro benzene ring substituents is 1. The molecule has 0 aromatic heterocycles. The largest absolute Gasteiger partial charge is 0.493 e. The number of ether oxygens (including phenoxy) is 1. The first-order valence-electron chi connectivity index (χ1n) is 10.8. The highest BCUT2D eigenvalue weighted by Crippen LogP contribution is 2.36. The monoisotopic (exact) mass is 540 g/mol. The van der Waals surface area contributed by atoms with Crippen molar-refractivity contribution in [2.24, 2.45) is 0 Å². The Balaban J connectivity index is 1.57. The first-order valence-corrected chi connectivity index (χ1v) is 13.0. The van der Waals surface area contributed by atoms with Crippen molar-refractivity contribution >= 4 is 44.8 Å². The fourth-order valence-electron chi connectivity index (χ4n) is 3.49. The smallest absolute Gasteiger partial charge is 0.346 e. The maximum absolute atomic E-state index is 12.9. The van der Waals surface area contributed by atoms with Crippen LogP contribution in [0.1, 0.15) is 16.7 Å². The Labute approximate surface area is 216 Å². The van der Waals surface area contributed by atoms with Gasteiger partial charge in [0.15, 0.2) is 16.4 Å². The average Bonchev–Trinajstić information content (AvgIpc) is 3.13. The van der Waals surface area contributed by atoms with E-state index in [-0.39, 0.29) is 22.9 Å². The lowest BCUT2D eigenvalue weighted by atomic mass is 10.1. The third-order valence-electron chi connectivity index (χ3n) is 5.35. The molecule has 0 bridgehead atoms. The summed E-state index contributed by atoms with van der Waals surface area (Å²) in [7, 11) is -3.27. The second-order valence-corrected chi connectivity index (χ2v) is 10.4. The van der Waals surface area contributed by atoms with E-state index < -0.39 is 36.8 Å². The van der Waals surface area contributed by atoms with E-state index in [0.717, 1.165) is 39.9 Å². The number of carbonyl (C=O) groups excluding carboxylic acids is 2. The van der Waals surface area contributed by atoms with Gasteiger partial charge < -0.3 is 8.92 Å². The van der Waals surface area contributed by atoms with Gasteiger partial charge in [0, 0.05) is 6.07 Å². The molecule has 3 aromatic carbocycles. The number of methoxy groups -OCH3 is 1. The molecule has 1 heterocycles. The lowest BCUT2D eigenvalue weighted by Gasteiger charge is -2.13. The van der Waals surface area contributed by atoms with E-state index in [4.69, 9.17) is 8.92 Å². The molecule has 0 radical (unpaired) electrons. The molecule has 190 valence electrons. The summed E-state index contributed by atoms with van der Waals surface area (Å²) in [5.41, 5.74) is 1.71. The Morgan fingerprint density at radius 3 is 2.41 bits per heavy atom. The molecule has 1 saturated heterocycles. The van der Waals surface area contributed by atoms with Gasteiger partial charge in [-0.25, -0.2) is 0 Å². The van der Waals surface area contributed by atoms with Gasteiger partial charge in [-0.15, -0.1) is 0 Å². The van der Waals surface area contributed by atoms with Gasteiger partial charge in [-0.2, -0.15) is 8.42 Å². The Hall–Kier alpha value is -4.16. The molecule has 1 fully saturated rings. The Kier molecular flexibility index (Phi) is 7.32. The topological polar surface area (TPSA) is 133 Å². The molecule has 0 unspecified atom stereocenters. The number of nitrogens with zero attached hydrogens (tertiary/aromatic N) is 2. The van der Waals surface area contributed by atoms with Gasteiger partial charge >= 0.3 is 10.1 Å². The minimum Gasteiger partial charge on any atom is -0.493 e. The maximum atomic E-state index is 12.9. The zero-order valence-electron chi connectivity index (χ0n) is 19.6. The molecule has 3 aromatic rings. The second-order valence-electron chi connectivity index (χ2n) is 7.93. The zero-order chi connectivity index (χ0) is 26.7. The average molecular weight is 541 g/mol. The standard InChI is InChI=1S/C25H20N2O8S2/c1-16-7-9-17(10-8-16)15-26-24(28)22(36-25(26)29)14-18-11-12-20(21(13-18)34-2)35-37(32,33)23-6-4-3-5-19(23)27(30)31/h3-14H,15H2,1-2H3/b22-14-. The van der Waals surface area contributed by atoms with Crippen LogP contribution in [0.5, 0.6) is 11.5 Å². The van der Waals surface area contributed by atoms with Crippen molar-refractivity contribution < 1.29 is 31.9 Å². The van der Waals surface area contributed by atoms with Crippen molar-refractivity contribution in [2.45, 2.75) is 18.4 Å². The summed E-state index contributed by atoms with van der Waals surface area (Å²) in [5, 5.41) is 10.8. The van der Waals surface area contributed by atoms with Crippen molar-refractivity contribution in [1.82, 2.24) is 4.90 Å². The molecule has 37 heavy (non-hydrogen) atoms. The first-order chi connectivity index (χ1) is 17.6. The van der Waals surface area contributed by atoms with Gasteiger partial charge in [0.25, 0.3) is 16.8 Å². The van der Waals surface area contributed by atoms with Crippen LogP contribution >= 0.6 is 11.8 Å². The van der Waals surface area contributed by atoms with Crippen molar-refractivity contribution in [3.8, 4) is 11.5 Å². The molecule has 1 aliphatic heterocycles. The van der Waals surface area contributed by atoms with Crippen LogP contribution in [0, 0.1) is 17.0 Å². The molecule has 1 aliphatic rings. The number of amides is 2. The summed E-state index contributed by atoms with van der Waals surface area (Å²) < 4.78 is 35.9. The summed E-state index contributed by atoms with van der Waals surface area (Å²) >= 11 is 0.795. The fraction of sp³-hybridized carbons (Fsp3) is 0.120. The molecular formula is C25H20N2O8S2. The van der Waals surface area contributed by atoms with Crippen molar-refractivity contribution in [3.05, 3.63) is 98.4 Å². The Morgan fingerprint density at radius 1 is 1.03 bits per heavy atom. The van der Waals surface area contributed by atoms with Gasteiger partial charge in [-0.1, -0.05) is 48.0 Å². The number of para-hydroxylation sites is 1. The molecule has 0 atom stereocenters. The molecule has 2 amide bonds. The maximum Gasteiger partial charge on any atom is 0.346 e. The molecule has 0 aliphatic carbocycles. The van der Waals surface area contributed by atoms with Crippen LogP contribution in [0.3, 0.4) is 0 Å².